The number of anilines is 1. The van der Waals surface area contributed by atoms with Crippen molar-refractivity contribution in [2.75, 3.05) is 25.1 Å². The second kappa shape index (κ2) is 9.58. The van der Waals surface area contributed by atoms with E-state index >= 15 is 0 Å². The predicted octanol–water partition coefficient (Wildman–Crippen LogP) is 4.84. The smallest absolute Gasteiger partial charge is 0.410 e. The number of amides is 2. The molecule has 0 bridgehead atoms. The normalized spacial score (nSPS) is 22.2. The summed E-state index contributed by atoms with van der Waals surface area (Å²) in [6.45, 7) is 7.09. The van der Waals surface area contributed by atoms with Gasteiger partial charge in [-0.2, -0.15) is 0 Å². The van der Waals surface area contributed by atoms with Crippen LogP contribution in [0.2, 0.25) is 0 Å². The van der Waals surface area contributed by atoms with Crippen LogP contribution >= 0.6 is 0 Å². The Bertz CT molecular complexity index is 1280. The van der Waals surface area contributed by atoms with E-state index in [1.807, 2.05) is 76.3 Å². The van der Waals surface area contributed by atoms with Gasteiger partial charge in [0.25, 0.3) is 0 Å². The fourth-order valence-electron chi connectivity index (χ4n) is 5.34. The summed E-state index contributed by atoms with van der Waals surface area (Å²) in [5.41, 5.74) is 3.01. The van der Waals surface area contributed by atoms with Crippen molar-refractivity contribution in [3.8, 4) is 11.4 Å². The molecule has 8 nitrogen and oxygen atoms in total. The standard InChI is InChI=1S/C28H34N4O4/c1-28(2,3)36-27(34)32-16-19(14-20-17-35-13-12-23(20)32)26(33)29-21-9-7-8-18(15-21)25-30-22-10-5-6-11-24(22)31(25)4/h5-11,15,19-20,23H,12-14,16-17H2,1-4H3,(H,29,33). The van der Waals surface area contributed by atoms with Gasteiger partial charge in [-0.3, -0.25) is 4.79 Å². The van der Waals surface area contributed by atoms with Crippen LogP contribution in [0.5, 0.6) is 0 Å². The molecule has 8 heteroatoms. The van der Waals surface area contributed by atoms with Crippen molar-refractivity contribution >= 4 is 28.7 Å². The first-order chi connectivity index (χ1) is 17.2. The van der Waals surface area contributed by atoms with E-state index in [2.05, 4.69) is 9.88 Å². The molecule has 0 aliphatic carbocycles. The molecule has 1 N–H and O–H groups in total. The van der Waals surface area contributed by atoms with Crippen LogP contribution in [0.1, 0.15) is 33.6 Å². The number of aromatic nitrogens is 2. The quantitative estimate of drug-likeness (QED) is 0.568. The van der Waals surface area contributed by atoms with Crippen molar-refractivity contribution in [1.82, 2.24) is 14.5 Å². The molecule has 3 unspecified atom stereocenters. The molecule has 2 aliphatic rings. The van der Waals surface area contributed by atoms with Crippen LogP contribution in [-0.4, -0.2) is 57.9 Å². The first kappa shape index (κ1) is 24.3. The number of carbonyl (C=O) groups excluding carboxylic acids is 2. The zero-order chi connectivity index (χ0) is 25.4. The van der Waals surface area contributed by atoms with Gasteiger partial charge in [0.15, 0.2) is 0 Å². The Balaban J connectivity index is 1.34. The molecule has 0 saturated carbocycles. The molecular weight excluding hydrogens is 456 g/mol. The summed E-state index contributed by atoms with van der Waals surface area (Å²) in [4.78, 5) is 33.0. The largest absolute Gasteiger partial charge is 0.444 e. The number of fused-ring (bicyclic) bond motifs is 2. The van der Waals surface area contributed by atoms with Crippen molar-refractivity contribution < 1.29 is 19.1 Å². The number of nitrogens with zero attached hydrogens (tertiary/aromatic N) is 3. The maximum atomic E-state index is 13.4. The summed E-state index contributed by atoms with van der Waals surface area (Å²) in [6.07, 6.45) is 1.08. The lowest BCUT2D eigenvalue weighted by Crippen LogP contribution is -2.57. The van der Waals surface area contributed by atoms with Gasteiger partial charge in [-0.1, -0.05) is 24.3 Å². The van der Waals surface area contributed by atoms with Gasteiger partial charge in [-0.05, 0) is 57.9 Å². The highest BCUT2D eigenvalue weighted by molar-refractivity contribution is 5.94. The van der Waals surface area contributed by atoms with Crippen molar-refractivity contribution in [3.05, 3.63) is 48.5 Å². The SMILES string of the molecule is Cn1c(-c2cccc(NC(=O)C3CC4COCCC4N(C(=O)OC(C)(C)C)C3)c2)nc2ccccc21. The summed E-state index contributed by atoms with van der Waals surface area (Å²) in [5, 5.41) is 3.08. The molecule has 0 radical (unpaired) electrons. The van der Waals surface area contributed by atoms with Crippen molar-refractivity contribution in [2.45, 2.75) is 45.3 Å². The van der Waals surface area contributed by atoms with E-state index in [4.69, 9.17) is 14.5 Å². The third-order valence-corrected chi connectivity index (χ3v) is 7.01. The monoisotopic (exact) mass is 490 g/mol. The molecule has 2 saturated heterocycles. The molecule has 3 atom stereocenters. The Kier molecular flexibility index (Phi) is 6.47. The average molecular weight is 491 g/mol. The van der Waals surface area contributed by atoms with Crippen LogP contribution in [0, 0.1) is 11.8 Å². The second-order valence-corrected chi connectivity index (χ2v) is 10.8. The third kappa shape index (κ3) is 4.95. The maximum Gasteiger partial charge on any atom is 0.410 e. The molecule has 0 spiro atoms. The highest BCUT2D eigenvalue weighted by Gasteiger charge is 2.43. The summed E-state index contributed by atoms with van der Waals surface area (Å²) < 4.78 is 13.4. The number of hydrogen-bond acceptors (Lipinski definition) is 5. The van der Waals surface area contributed by atoms with E-state index < -0.39 is 5.60 Å². The number of imidazole rings is 1. The number of benzene rings is 2. The molecule has 36 heavy (non-hydrogen) atoms. The van der Waals surface area contributed by atoms with Crippen LogP contribution in [0.25, 0.3) is 22.4 Å². The van der Waals surface area contributed by atoms with Crippen LogP contribution < -0.4 is 5.32 Å². The van der Waals surface area contributed by atoms with Gasteiger partial charge in [-0.15, -0.1) is 0 Å². The van der Waals surface area contributed by atoms with Gasteiger partial charge in [0, 0.05) is 43.4 Å². The summed E-state index contributed by atoms with van der Waals surface area (Å²) >= 11 is 0. The van der Waals surface area contributed by atoms with Gasteiger partial charge in [-0.25, -0.2) is 9.78 Å². The van der Waals surface area contributed by atoms with Crippen LogP contribution in [-0.2, 0) is 21.3 Å². The van der Waals surface area contributed by atoms with Gasteiger partial charge in [0.1, 0.15) is 11.4 Å². The number of aryl methyl sites for hydroxylation is 1. The first-order valence-corrected chi connectivity index (χ1v) is 12.6. The molecule has 2 aliphatic heterocycles. The Labute approximate surface area is 211 Å². The Morgan fingerprint density at radius 2 is 1.94 bits per heavy atom. The average Bonchev–Trinajstić information content (AvgIpc) is 3.19. The molecule has 190 valence electrons. The molecular formula is C28H34N4O4. The number of piperidine rings is 1. The van der Waals surface area contributed by atoms with E-state index in [1.54, 1.807) is 4.90 Å². The minimum absolute atomic E-state index is 0.0403. The predicted molar refractivity (Wildman–Crippen MR) is 139 cm³/mol. The zero-order valence-electron chi connectivity index (χ0n) is 21.4. The fraction of sp³-hybridized carbons (Fsp3) is 0.464. The summed E-state index contributed by atoms with van der Waals surface area (Å²) in [7, 11) is 1.99. The number of para-hydroxylation sites is 2. The van der Waals surface area contributed by atoms with Crippen LogP contribution in [0.15, 0.2) is 48.5 Å². The van der Waals surface area contributed by atoms with Crippen molar-refractivity contribution in [3.63, 3.8) is 0 Å². The van der Waals surface area contributed by atoms with Gasteiger partial charge >= 0.3 is 6.09 Å². The topological polar surface area (TPSA) is 85.7 Å². The third-order valence-electron chi connectivity index (χ3n) is 7.01. The number of rotatable bonds is 3. The minimum atomic E-state index is -0.594. The van der Waals surface area contributed by atoms with E-state index in [-0.39, 0.29) is 29.9 Å². The number of hydrogen-bond donors (Lipinski definition) is 1. The fourth-order valence-corrected chi connectivity index (χ4v) is 5.34. The lowest BCUT2D eigenvalue weighted by atomic mass is 9.81. The molecule has 3 heterocycles. The molecule has 1 aromatic heterocycles. The van der Waals surface area contributed by atoms with Gasteiger partial charge in [0.05, 0.1) is 23.6 Å². The first-order valence-electron chi connectivity index (χ1n) is 12.6. The highest BCUT2D eigenvalue weighted by atomic mass is 16.6. The van der Waals surface area contributed by atoms with Crippen molar-refractivity contribution in [2.24, 2.45) is 18.9 Å². The van der Waals surface area contributed by atoms with Gasteiger partial charge < -0.3 is 24.3 Å². The maximum absolute atomic E-state index is 13.4. The summed E-state index contributed by atoms with van der Waals surface area (Å²) in [6, 6.07) is 15.8. The lowest BCUT2D eigenvalue weighted by Gasteiger charge is -2.46. The highest BCUT2D eigenvalue weighted by Crippen LogP contribution is 2.34. The molecule has 5 rings (SSSR count). The minimum Gasteiger partial charge on any atom is -0.444 e. The molecule has 2 aromatic carbocycles. The number of ether oxygens (including phenoxy) is 2. The molecule has 3 aromatic rings. The second-order valence-electron chi connectivity index (χ2n) is 10.8. The Morgan fingerprint density at radius 1 is 1.14 bits per heavy atom. The molecule has 2 fully saturated rings. The lowest BCUT2D eigenvalue weighted by molar-refractivity contribution is -0.125. The van der Waals surface area contributed by atoms with E-state index in [9.17, 15) is 9.59 Å². The van der Waals surface area contributed by atoms with Crippen LogP contribution in [0.4, 0.5) is 10.5 Å². The summed E-state index contributed by atoms with van der Waals surface area (Å²) in [5.74, 6) is 0.500. The van der Waals surface area contributed by atoms with E-state index in [0.717, 1.165) is 28.8 Å². The van der Waals surface area contributed by atoms with E-state index in [1.165, 1.54) is 0 Å². The van der Waals surface area contributed by atoms with Crippen molar-refractivity contribution in [1.29, 1.82) is 0 Å². The number of nitrogens with one attached hydrogen (secondary N) is 1. The number of likely N-dealkylation sites (tertiary alicyclic amines) is 1. The Morgan fingerprint density at radius 3 is 2.72 bits per heavy atom. The molecule has 2 amide bonds. The Hall–Kier alpha value is -3.39. The van der Waals surface area contributed by atoms with Gasteiger partial charge in [0.2, 0.25) is 5.91 Å². The number of carbonyl (C=O) groups is 2. The van der Waals surface area contributed by atoms with E-state index in [0.29, 0.717) is 31.9 Å². The zero-order valence-corrected chi connectivity index (χ0v) is 21.4. The van der Waals surface area contributed by atoms with Crippen LogP contribution in [0.3, 0.4) is 0 Å².